The standard InChI is InChI=1S/C11H7BrO3/c12-8-2-1-6-3-9-10(15-5-14-9)4-7(6)11(8)13/h1-4,13H,5H2. The Balaban J connectivity index is 2.38. The van der Waals surface area contributed by atoms with Crippen molar-refractivity contribution >= 4 is 26.7 Å². The van der Waals surface area contributed by atoms with E-state index in [0.717, 1.165) is 16.5 Å². The Morgan fingerprint density at radius 3 is 2.67 bits per heavy atom. The summed E-state index contributed by atoms with van der Waals surface area (Å²) in [6.07, 6.45) is 0. The van der Waals surface area contributed by atoms with Gasteiger partial charge in [0.05, 0.1) is 4.47 Å². The second-order valence-electron chi connectivity index (χ2n) is 3.32. The number of aromatic hydroxyl groups is 1. The van der Waals surface area contributed by atoms with Crippen LogP contribution in [0.3, 0.4) is 0 Å². The van der Waals surface area contributed by atoms with Gasteiger partial charge in [0.15, 0.2) is 11.5 Å². The fraction of sp³-hybridized carbons (Fsp3) is 0.0909. The minimum absolute atomic E-state index is 0.228. The molecule has 0 fully saturated rings. The number of phenolic OH excluding ortho intramolecular Hbond substituents is 1. The average molecular weight is 267 g/mol. The van der Waals surface area contributed by atoms with Gasteiger partial charge in [0.2, 0.25) is 6.79 Å². The van der Waals surface area contributed by atoms with Crippen molar-refractivity contribution in [3.63, 3.8) is 0 Å². The monoisotopic (exact) mass is 266 g/mol. The van der Waals surface area contributed by atoms with E-state index in [2.05, 4.69) is 15.9 Å². The zero-order valence-corrected chi connectivity index (χ0v) is 9.24. The normalized spacial score (nSPS) is 13.4. The fourth-order valence-electron chi connectivity index (χ4n) is 1.67. The molecule has 0 aromatic heterocycles. The molecule has 0 atom stereocenters. The first kappa shape index (κ1) is 8.85. The molecule has 3 nitrogen and oxygen atoms in total. The zero-order valence-electron chi connectivity index (χ0n) is 7.66. The first-order valence-electron chi connectivity index (χ1n) is 4.46. The fourth-order valence-corrected chi connectivity index (χ4v) is 2.02. The molecule has 2 aromatic rings. The molecule has 3 rings (SSSR count). The molecule has 0 amide bonds. The lowest BCUT2D eigenvalue weighted by atomic mass is 10.1. The van der Waals surface area contributed by atoms with E-state index in [9.17, 15) is 5.11 Å². The van der Waals surface area contributed by atoms with Crippen LogP contribution in [0.1, 0.15) is 0 Å². The van der Waals surface area contributed by atoms with Crippen molar-refractivity contribution in [3.8, 4) is 17.2 Å². The van der Waals surface area contributed by atoms with Crippen LogP contribution in [0.15, 0.2) is 28.7 Å². The summed E-state index contributed by atoms with van der Waals surface area (Å²) in [6, 6.07) is 7.38. The van der Waals surface area contributed by atoms with Crippen molar-refractivity contribution in [3.05, 3.63) is 28.7 Å². The maximum Gasteiger partial charge on any atom is 0.231 e. The number of fused-ring (bicyclic) bond motifs is 2. The van der Waals surface area contributed by atoms with E-state index in [1.54, 1.807) is 12.1 Å². The highest BCUT2D eigenvalue weighted by atomic mass is 79.9. The third kappa shape index (κ3) is 1.25. The van der Waals surface area contributed by atoms with E-state index in [1.807, 2.05) is 12.1 Å². The second kappa shape index (κ2) is 3.03. The molecular formula is C11H7BrO3. The van der Waals surface area contributed by atoms with Crippen molar-refractivity contribution in [2.24, 2.45) is 0 Å². The van der Waals surface area contributed by atoms with E-state index in [-0.39, 0.29) is 12.5 Å². The summed E-state index contributed by atoms with van der Waals surface area (Å²) in [5.74, 6) is 1.63. The molecule has 1 heterocycles. The van der Waals surface area contributed by atoms with Gasteiger partial charge in [-0.25, -0.2) is 0 Å². The number of hydrogen-bond acceptors (Lipinski definition) is 3. The smallest absolute Gasteiger partial charge is 0.231 e. The summed E-state index contributed by atoms with van der Waals surface area (Å²) in [4.78, 5) is 0. The Morgan fingerprint density at radius 2 is 1.87 bits per heavy atom. The Bertz CT molecular complexity index is 551. The van der Waals surface area contributed by atoms with Gasteiger partial charge in [0.1, 0.15) is 5.75 Å². The van der Waals surface area contributed by atoms with Gasteiger partial charge in [-0.15, -0.1) is 0 Å². The van der Waals surface area contributed by atoms with E-state index in [0.29, 0.717) is 10.2 Å². The Labute approximate surface area is 94.4 Å². The first-order valence-corrected chi connectivity index (χ1v) is 5.26. The Hall–Kier alpha value is -1.42. The summed E-state index contributed by atoms with van der Waals surface area (Å²) < 4.78 is 11.2. The molecule has 0 saturated carbocycles. The average Bonchev–Trinajstić information content (AvgIpc) is 2.68. The van der Waals surface area contributed by atoms with E-state index in [4.69, 9.17) is 9.47 Å². The van der Waals surface area contributed by atoms with Gasteiger partial charge >= 0.3 is 0 Å². The highest BCUT2D eigenvalue weighted by molar-refractivity contribution is 9.10. The molecule has 0 radical (unpaired) electrons. The van der Waals surface area contributed by atoms with Crippen LogP contribution in [0, 0.1) is 0 Å². The molecule has 1 aliphatic rings. The molecule has 0 bridgehead atoms. The van der Waals surface area contributed by atoms with E-state index < -0.39 is 0 Å². The minimum atomic E-state index is 0.228. The quantitative estimate of drug-likeness (QED) is 0.797. The topological polar surface area (TPSA) is 38.7 Å². The molecule has 15 heavy (non-hydrogen) atoms. The van der Waals surface area contributed by atoms with Crippen LogP contribution in [0.4, 0.5) is 0 Å². The Morgan fingerprint density at radius 1 is 1.13 bits per heavy atom. The van der Waals surface area contributed by atoms with Gasteiger partial charge in [0, 0.05) is 5.39 Å². The number of phenols is 1. The van der Waals surface area contributed by atoms with Crippen LogP contribution >= 0.6 is 15.9 Å². The van der Waals surface area contributed by atoms with Crippen LogP contribution in [0.25, 0.3) is 10.8 Å². The molecule has 4 heteroatoms. The molecule has 0 unspecified atom stereocenters. The molecule has 0 aliphatic carbocycles. The summed E-state index contributed by atoms with van der Waals surface area (Å²) >= 11 is 3.27. The summed E-state index contributed by atoms with van der Waals surface area (Å²) in [5, 5.41) is 11.5. The van der Waals surface area contributed by atoms with Crippen molar-refractivity contribution in [1.82, 2.24) is 0 Å². The SMILES string of the molecule is Oc1c(Br)ccc2cc3c(cc12)OCO3. The lowest BCUT2D eigenvalue weighted by Gasteiger charge is -2.04. The van der Waals surface area contributed by atoms with Gasteiger partial charge in [-0.3, -0.25) is 0 Å². The first-order chi connectivity index (χ1) is 7.25. The molecule has 1 N–H and O–H groups in total. The maximum absolute atomic E-state index is 9.85. The largest absolute Gasteiger partial charge is 0.506 e. The number of halogens is 1. The van der Waals surface area contributed by atoms with Gasteiger partial charge in [-0.1, -0.05) is 6.07 Å². The third-order valence-electron chi connectivity index (χ3n) is 2.44. The van der Waals surface area contributed by atoms with Crippen LogP contribution in [-0.4, -0.2) is 11.9 Å². The predicted molar refractivity (Wildman–Crippen MR) is 59.4 cm³/mol. The number of hydrogen-bond donors (Lipinski definition) is 1. The molecule has 2 aromatic carbocycles. The molecule has 76 valence electrons. The predicted octanol–water partition coefficient (Wildman–Crippen LogP) is 3.04. The van der Waals surface area contributed by atoms with Crippen molar-refractivity contribution in [2.75, 3.05) is 6.79 Å². The van der Waals surface area contributed by atoms with Gasteiger partial charge in [-0.2, -0.15) is 0 Å². The zero-order chi connectivity index (χ0) is 10.4. The lowest BCUT2D eigenvalue weighted by molar-refractivity contribution is 0.174. The number of benzene rings is 2. The van der Waals surface area contributed by atoms with Crippen molar-refractivity contribution in [1.29, 1.82) is 0 Å². The van der Waals surface area contributed by atoms with Crippen molar-refractivity contribution in [2.45, 2.75) is 0 Å². The summed E-state index contributed by atoms with van der Waals surface area (Å²) in [5.41, 5.74) is 0. The minimum Gasteiger partial charge on any atom is -0.506 e. The van der Waals surface area contributed by atoms with Gasteiger partial charge < -0.3 is 14.6 Å². The molecule has 0 saturated heterocycles. The number of rotatable bonds is 0. The Kier molecular flexibility index (Phi) is 1.79. The van der Waals surface area contributed by atoms with Crippen LogP contribution < -0.4 is 9.47 Å². The van der Waals surface area contributed by atoms with E-state index in [1.165, 1.54) is 0 Å². The molecular weight excluding hydrogens is 260 g/mol. The highest BCUT2D eigenvalue weighted by Crippen LogP contribution is 2.41. The van der Waals surface area contributed by atoms with Gasteiger partial charge in [-0.05, 0) is 39.5 Å². The summed E-state index contributed by atoms with van der Waals surface area (Å²) in [7, 11) is 0. The lowest BCUT2D eigenvalue weighted by Crippen LogP contribution is -1.92. The molecule has 0 spiro atoms. The second-order valence-corrected chi connectivity index (χ2v) is 4.18. The van der Waals surface area contributed by atoms with Crippen LogP contribution in [0.2, 0.25) is 0 Å². The van der Waals surface area contributed by atoms with Crippen LogP contribution in [-0.2, 0) is 0 Å². The van der Waals surface area contributed by atoms with Crippen LogP contribution in [0.5, 0.6) is 17.2 Å². The van der Waals surface area contributed by atoms with Crippen molar-refractivity contribution < 1.29 is 14.6 Å². The van der Waals surface area contributed by atoms with Gasteiger partial charge in [0.25, 0.3) is 0 Å². The molecule has 1 aliphatic heterocycles. The summed E-state index contributed by atoms with van der Waals surface area (Å²) in [6.45, 7) is 0.244. The third-order valence-corrected chi connectivity index (χ3v) is 3.08. The maximum atomic E-state index is 9.85. The highest BCUT2D eigenvalue weighted by Gasteiger charge is 2.16. The number of ether oxygens (including phenoxy) is 2. The van der Waals surface area contributed by atoms with E-state index >= 15 is 0 Å².